The summed E-state index contributed by atoms with van der Waals surface area (Å²) in [7, 11) is 0. The standard InChI is InChI=1S/C22H19FN6O2/c23-17-5-7-18(8-6-17)31-19-4-1-3-16(15-19)22(30)25-13-12-24-20-9-10-21(28-27-20)29-14-2-11-26-29/h1-11,14-15H,12-13H2,(H,24,27)(H,25,30). The van der Waals surface area contributed by atoms with Crippen LogP contribution in [0.2, 0.25) is 0 Å². The molecule has 0 atom stereocenters. The number of anilines is 1. The van der Waals surface area contributed by atoms with E-state index < -0.39 is 0 Å². The average Bonchev–Trinajstić information content (AvgIpc) is 3.34. The number of hydrogen-bond acceptors (Lipinski definition) is 6. The number of carbonyl (C=O) groups is 1. The summed E-state index contributed by atoms with van der Waals surface area (Å²) in [6, 6.07) is 17.9. The average molecular weight is 418 g/mol. The lowest BCUT2D eigenvalue weighted by Crippen LogP contribution is -2.28. The van der Waals surface area contributed by atoms with E-state index in [1.165, 1.54) is 24.3 Å². The zero-order chi connectivity index (χ0) is 21.5. The van der Waals surface area contributed by atoms with Crippen molar-refractivity contribution in [1.29, 1.82) is 0 Å². The Kier molecular flexibility index (Phi) is 6.13. The molecule has 0 unspecified atom stereocenters. The first-order chi connectivity index (χ1) is 15.2. The van der Waals surface area contributed by atoms with Crippen LogP contribution in [0.25, 0.3) is 5.82 Å². The molecule has 0 fully saturated rings. The molecule has 1 amide bonds. The highest BCUT2D eigenvalue weighted by Crippen LogP contribution is 2.22. The fourth-order valence-electron chi connectivity index (χ4n) is 2.75. The van der Waals surface area contributed by atoms with Crippen molar-refractivity contribution >= 4 is 11.7 Å². The van der Waals surface area contributed by atoms with Gasteiger partial charge in [0.05, 0.1) is 0 Å². The predicted octanol–water partition coefficient (Wildman–Crippen LogP) is 3.44. The van der Waals surface area contributed by atoms with Gasteiger partial charge in [-0.2, -0.15) is 5.10 Å². The van der Waals surface area contributed by atoms with E-state index in [4.69, 9.17) is 4.74 Å². The molecule has 4 aromatic rings. The fourth-order valence-corrected chi connectivity index (χ4v) is 2.75. The lowest BCUT2D eigenvalue weighted by atomic mass is 10.2. The molecule has 2 aromatic carbocycles. The molecule has 0 aliphatic heterocycles. The molecule has 4 rings (SSSR count). The number of ether oxygens (including phenoxy) is 1. The summed E-state index contributed by atoms with van der Waals surface area (Å²) in [6.45, 7) is 0.873. The van der Waals surface area contributed by atoms with E-state index in [2.05, 4.69) is 25.9 Å². The van der Waals surface area contributed by atoms with E-state index in [0.717, 1.165) is 0 Å². The zero-order valence-electron chi connectivity index (χ0n) is 16.4. The summed E-state index contributed by atoms with van der Waals surface area (Å²) in [5.74, 6) is 1.62. The molecular formula is C22H19FN6O2. The second-order valence-corrected chi connectivity index (χ2v) is 6.49. The summed E-state index contributed by atoms with van der Waals surface area (Å²) >= 11 is 0. The summed E-state index contributed by atoms with van der Waals surface area (Å²) in [5.41, 5.74) is 0.461. The molecule has 0 saturated heterocycles. The lowest BCUT2D eigenvalue weighted by Gasteiger charge is -2.09. The van der Waals surface area contributed by atoms with Gasteiger partial charge < -0.3 is 15.4 Å². The molecule has 0 spiro atoms. The summed E-state index contributed by atoms with van der Waals surface area (Å²) in [4.78, 5) is 12.4. The fraction of sp³-hybridized carbons (Fsp3) is 0.0909. The number of amides is 1. The van der Waals surface area contributed by atoms with Gasteiger partial charge in [0, 0.05) is 31.0 Å². The van der Waals surface area contributed by atoms with Crippen molar-refractivity contribution in [2.45, 2.75) is 0 Å². The Bertz CT molecular complexity index is 1130. The van der Waals surface area contributed by atoms with E-state index in [0.29, 0.717) is 41.8 Å². The van der Waals surface area contributed by atoms with E-state index >= 15 is 0 Å². The normalized spacial score (nSPS) is 10.5. The maximum Gasteiger partial charge on any atom is 0.251 e. The Labute approximate surface area is 177 Å². The zero-order valence-corrected chi connectivity index (χ0v) is 16.4. The van der Waals surface area contributed by atoms with Crippen LogP contribution in [0.4, 0.5) is 10.2 Å². The second kappa shape index (κ2) is 9.49. The molecule has 0 aliphatic rings. The number of halogens is 1. The van der Waals surface area contributed by atoms with Crippen molar-refractivity contribution in [3.63, 3.8) is 0 Å². The Balaban J connectivity index is 1.25. The summed E-state index contributed by atoms with van der Waals surface area (Å²) in [5, 5.41) is 18.2. The Morgan fingerprint density at radius 1 is 0.968 bits per heavy atom. The molecule has 0 saturated carbocycles. The van der Waals surface area contributed by atoms with Gasteiger partial charge in [0.1, 0.15) is 23.1 Å². The van der Waals surface area contributed by atoms with Gasteiger partial charge in [-0.05, 0) is 60.7 Å². The van der Waals surface area contributed by atoms with Crippen LogP contribution in [0, 0.1) is 5.82 Å². The first-order valence-corrected chi connectivity index (χ1v) is 9.57. The van der Waals surface area contributed by atoms with Gasteiger partial charge in [-0.25, -0.2) is 9.07 Å². The molecule has 0 bridgehead atoms. The minimum Gasteiger partial charge on any atom is -0.457 e. The monoisotopic (exact) mass is 418 g/mol. The predicted molar refractivity (Wildman–Crippen MR) is 113 cm³/mol. The summed E-state index contributed by atoms with van der Waals surface area (Å²) in [6.07, 6.45) is 3.45. The van der Waals surface area contributed by atoms with E-state index in [1.54, 1.807) is 59.5 Å². The van der Waals surface area contributed by atoms with E-state index in [9.17, 15) is 9.18 Å². The Hall–Kier alpha value is -4.27. The third-order valence-corrected chi connectivity index (χ3v) is 4.25. The van der Waals surface area contributed by atoms with Gasteiger partial charge >= 0.3 is 0 Å². The number of nitrogens with zero attached hydrogens (tertiary/aromatic N) is 4. The minimum atomic E-state index is -0.339. The second-order valence-electron chi connectivity index (χ2n) is 6.49. The smallest absolute Gasteiger partial charge is 0.251 e. The molecule has 2 N–H and O–H groups in total. The summed E-state index contributed by atoms with van der Waals surface area (Å²) < 4.78 is 20.3. The minimum absolute atomic E-state index is 0.230. The van der Waals surface area contributed by atoms with Crippen molar-refractivity contribution in [2.24, 2.45) is 0 Å². The number of benzene rings is 2. The molecule has 0 aliphatic carbocycles. The van der Waals surface area contributed by atoms with Crippen LogP contribution in [0.15, 0.2) is 79.1 Å². The SMILES string of the molecule is O=C(NCCNc1ccc(-n2cccn2)nn1)c1cccc(Oc2ccc(F)cc2)c1. The van der Waals surface area contributed by atoms with Crippen molar-refractivity contribution < 1.29 is 13.9 Å². The first kappa shape index (κ1) is 20.0. The quantitative estimate of drug-likeness (QED) is 0.426. The highest BCUT2D eigenvalue weighted by atomic mass is 19.1. The van der Waals surface area contributed by atoms with Gasteiger partial charge in [-0.3, -0.25) is 4.79 Å². The van der Waals surface area contributed by atoms with Crippen molar-refractivity contribution in [3.8, 4) is 17.3 Å². The molecule has 2 heterocycles. The highest BCUT2D eigenvalue weighted by molar-refractivity contribution is 5.94. The van der Waals surface area contributed by atoms with Gasteiger partial charge in [0.2, 0.25) is 0 Å². The van der Waals surface area contributed by atoms with Gasteiger partial charge in [-0.15, -0.1) is 10.2 Å². The van der Waals surface area contributed by atoms with E-state index in [1.807, 2.05) is 0 Å². The lowest BCUT2D eigenvalue weighted by molar-refractivity contribution is 0.0955. The maximum atomic E-state index is 13.0. The van der Waals surface area contributed by atoms with Gasteiger partial charge in [0.25, 0.3) is 5.91 Å². The van der Waals surface area contributed by atoms with Crippen LogP contribution < -0.4 is 15.4 Å². The maximum absolute atomic E-state index is 13.0. The van der Waals surface area contributed by atoms with Crippen LogP contribution in [0.3, 0.4) is 0 Å². The van der Waals surface area contributed by atoms with Crippen LogP contribution in [0.5, 0.6) is 11.5 Å². The van der Waals surface area contributed by atoms with Crippen LogP contribution in [-0.2, 0) is 0 Å². The molecular weight excluding hydrogens is 399 g/mol. The van der Waals surface area contributed by atoms with Crippen LogP contribution >= 0.6 is 0 Å². The Morgan fingerprint density at radius 3 is 2.58 bits per heavy atom. The van der Waals surface area contributed by atoms with Crippen LogP contribution in [0.1, 0.15) is 10.4 Å². The molecule has 31 heavy (non-hydrogen) atoms. The van der Waals surface area contributed by atoms with Crippen molar-refractivity contribution in [1.82, 2.24) is 25.3 Å². The van der Waals surface area contributed by atoms with Gasteiger partial charge in [0.15, 0.2) is 5.82 Å². The molecule has 2 aromatic heterocycles. The number of carbonyl (C=O) groups excluding carboxylic acids is 1. The number of nitrogens with one attached hydrogen (secondary N) is 2. The Morgan fingerprint density at radius 2 is 1.84 bits per heavy atom. The number of aromatic nitrogens is 4. The molecule has 156 valence electrons. The first-order valence-electron chi connectivity index (χ1n) is 9.57. The largest absolute Gasteiger partial charge is 0.457 e. The van der Waals surface area contributed by atoms with Crippen molar-refractivity contribution in [2.75, 3.05) is 18.4 Å². The van der Waals surface area contributed by atoms with Gasteiger partial charge in [-0.1, -0.05) is 6.07 Å². The van der Waals surface area contributed by atoms with E-state index in [-0.39, 0.29) is 11.7 Å². The molecule has 9 heteroatoms. The highest BCUT2D eigenvalue weighted by Gasteiger charge is 2.07. The topological polar surface area (TPSA) is 94.0 Å². The molecule has 0 radical (unpaired) electrons. The number of hydrogen-bond donors (Lipinski definition) is 2. The third kappa shape index (κ3) is 5.41. The molecule has 8 nitrogen and oxygen atoms in total. The number of rotatable bonds is 8. The van der Waals surface area contributed by atoms with Crippen LogP contribution in [-0.4, -0.2) is 39.0 Å². The van der Waals surface area contributed by atoms with Crippen molar-refractivity contribution in [3.05, 3.63) is 90.5 Å². The third-order valence-electron chi connectivity index (χ3n) is 4.25.